The van der Waals surface area contributed by atoms with Crippen molar-refractivity contribution in [1.82, 2.24) is 14.9 Å². The summed E-state index contributed by atoms with van der Waals surface area (Å²) in [7, 11) is 0. The van der Waals surface area contributed by atoms with Crippen molar-refractivity contribution >= 4 is 27.5 Å². The van der Waals surface area contributed by atoms with Crippen LogP contribution in [0.4, 0.5) is 19.0 Å². The first-order valence-electron chi connectivity index (χ1n) is 10.5. The van der Waals surface area contributed by atoms with Gasteiger partial charge in [0.05, 0.1) is 23.1 Å². The maximum absolute atomic E-state index is 13.5. The standard InChI is InChI=1S/C23H27F3N4O/c1-14-11-30(12-15(2)31-14)22(3,4)13-27-20-19-17-8-6-5-7-16(17)9-10-18(19)28-21(29-20)23(24,25)26/h5-10,14-15H,11-13H2,1-4H3,(H,27,28,29). The highest BCUT2D eigenvalue weighted by molar-refractivity contribution is 6.11. The van der Waals surface area contributed by atoms with Crippen molar-refractivity contribution < 1.29 is 17.9 Å². The fourth-order valence-electron chi connectivity index (χ4n) is 4.24. The van der Waals surface area contributed by atoms with E-state index in [9.17, 15) is 13.2 Å². The van der Waals surface area contributed by atoms with E-state index in [-0.39, 0.29) is 29.1 Å². The van der Waals surface area contributed by atoms with Crippen LogP contribution in [0.2, 0.25) is 0 Å². The molecule has 1 N–H and O–H groups in total. The number of benzene rings is 2. The summed E-state index contributed by atoms with van der Waals surface area (Å²) in [5.41, 5.74) is -0.0398. The molecule has 3 aromatic rings. The van der Waals surface area contributed by atoms with Gasteiger partial charge in [-0.1, -0.05) is 30.3 Å². The highest BCUT2D eigenvalue weighted by Crippen LogP contribution is 2.34. The molecule has 0 aliphatic carbocycles. The number of ether oxygens (including phenoxy) is 1. The smallest absolute Gasteiger partial charge is 0.373 e. The van der Waals surface area contributed by atoms with E-state index in [0.29, 0.717) is 11.9 Å². The zero-order chi connectivity index (χ0) is 22.4. The first-order valence-corrected chi connectivity index (χ1v) is 10.5. The zero-order valence-electron chi connectivity index (χ0n) is 18.1. The van der Waals surface area contributed by atoms with Gasteiger partial charge < -0.3 is 10.1 Å². The molecule has 1 fully saturated rings. The fraction of sp³-hybridized carbons (Fsp3) is 0.478. The average Bonchev–Trinajstić information content (AvgIpc) is 2.70. The topological polar surface area (TPSA) is 50.3 Å². The van der Waals surface area contributed by atoms with Gasteiger partial charge in [-0.15, -0.1) is 0 Å². The number of alkyl halides is 3. The van der Waals surface area contributed by atoms with Crippen LogP contribution in [-0.2, 0) is 10.9 Å². The monoisotopic (exact) mass is 432 g/mol. The summed E-state index contributed by atoms with van der Waals surface area (Å²) >= 11 is 0. The van der Waals surface area contributed by atoms with Crippen LogP contribution >= 0.6 is 0 Å². The lowest BCUT2D eigenvalue weighted by molar-refractivity contribution is -0.144. The Balaban J connectivity index is 1.74. The molecule has 0 bridgehead atoms. The average molecular weight is 432 g/mol. The molecule has 0 saturated carbocycles. The summed E-state index contributed by atoms with van der Waals surface area (Å²) in [6.45, 7) is 10.2. The van der Waals surface area contributed by atoms with Crippen molar-refractivity contribution in [3.63, 3.8) is 0 Å². The minimum absolute atomic E-state index is 0.101. The second-order valence-corrected chi connectivity index (χ2v) is 8.90. The van der Waals surface area contributed by atoms with E-state index in [4.69, 9.17) is 4.74 Å². The molecule has 0 amide bonds. The van der Waals surface area contributed by atoms with Gasteiger partial charge in [0.15, 0.2) is 0 Å². The number of hydrogen-bond acceptors (Lipinski definition) is 5. The molecule has 8 heteroatoms. The normalized spacial score (nSPS) is 21.0. The number of nitrogens with zero attached hydrogens (tertiary/aromatic N) is 3. The minimum Gasteiger partial charge on any atom is -0.373 e. The van der Waals surface area contributed by atoms with E-state index in [2.05, 4.69) is 34.0 Å². The minimum atomic E-state index is -4.62. The van der Waals surface area contributed by atoms with E-state index in [0.717, 1.165) is 23.9 Å². The molecule has 2 atom stereocenters. The summed E-state index contributed by atoms with van der Waals surface area (Å²) in [6, 6.07) is 11.0. The second kappa shape index (κ2) is 7.91. The van der Waals surface area contributed by atoms with Gasteiger partial charge in [0.1, 0.15) is 5.82 Å². The van der Waals surface area contributed by atoms with E-state index in [1.807, 2.05) is 38.1 Å². The number of hydrogen-bond donors (Lipinski definition) is 1. The van der Waals surface area contributed by atoms with Crippen LogP contribution < -0.4 is 5.32 Å². The van der Waals surface area contributed by atoms with Crippen molar-refractivity contribution in [2.45, 2.75) is 51.6 Å². The maximum Gasteiger partial charge on any atom is 0.451 e. The van der Waals surface area contributed by atoms with Crippen LogP contribution in [0, 0.1) is 0 Å². The third-order valence-electron chi connectivity index (χ3n) is 5.81. The predicted octanol–water partition coefficient (Wildman–Crippen LogP) is 5.10. The van der Waals surface area contributed by atoms with Gasteiger partial charge in [-0.05, 0) is 44.5 Å². The molecule has 0 radical (unpaired) electrons. The van der Waals surface area contributed by atoms with Crippen molar-refractivity contribution in [3.05, 3.63) is 42.2 Å². The lowest BCUT2D eigenvalue weighted by Crippen LogP contribution is -2.57. The molecule has 2 unspecified atom stereocenters. The largest absolute Gasteiger partial charge is 0.451 e. The Morgan fingerprint density at radius 1 is 1.03 bits per heavy atom. The van der Waals surface area contributed by atoms with Gasteiger partial charge in [-0.3, -0.25) is 4.90 Å². The van der Waals surface area contributed by atoms with Gasteiger partial charge >= 0.3 is 6.18 Å². The number of aromatic nitrogens is 2. The highest BCUT2D eigenvalue weighted by Gasteiger charge is 2.37. The fourth-order valence-corrected chi connectivity index (χ4v) is 4.24. The van der Waals surface area contributed by atoms with Crippen molar-refractivity contribution in [2.75, 3.05) is 25.0 Å². The molecule has 2 aromatic carbocycles. The summed E-state index contributed by atoms with van der Waals surface area (Å²) in [5, 5.41) is 5.58. The molecule has 31 heavy (non-hydrogen) atoms. The highest BCUT2D eigenvalue weighted by atomic mass is 19.4. The maximum atomic E-state index is 13.5. The summed E-state index contributed by atoms with van der Waals surface area (Å²) in [5.74, 6) is -0.930. The number of rotatable bonds is 4. The molecule has 1 saturated heterocycles. The Labute approximate surface area is 179 Å². The Morgan fingerprint density at radius 2 is 1.71 bits per heavy atom. The molecular weight excluding hydrogens is 405 g/mol. The molecule has 166 valence electrons. The quantitative estimate of drug-likeness (QED) is 0.581. The Morgan fingerprint density at radius 3 is 2.39 bits per heavy atom. The van der Waals surface area contributed by atoms with E-state index in [1.54, 1.807) is 12.1 Å². The van der Waals surface area contributed by atoms with Crippen LogP contribution in [0.3, 0.4) is 0 Å². The van der Waals surface area contributed by atoms with Crippen LogP contribution in [0.15, 0.2) is 36.4 Å². The third kappa shape index (κ3) is 4.45. The molecule has 0 spiro atoms. The van der Waals surface area contributed by atoms with Crippen molar-refractivity contribution in [1.29, 1.82) is 0 Å². The molecule has 2 heterocycles. The van der Waals surface area contributed by atoms with E-state index < -0.39 is 12.0 Å². The van der Waals surface area contributed by atoms with Crippen LogP contribution in [-0.4, -0.2) is 52.2 Å². The molecule has 1 aliphatic heterocycles. The lowest BCUT2D eigenvalue weighted by atomic mass is 9.99. The number of anilines is 1. The Bertz CT molecular complexity index is 1090. The van der Waals surface area contributed by atoms with E-state index >= 15 is 0 Å². The SMILES string of the molecule is CC1CN(C(C)(C)CNc2nc(C(F)(F)F)nc3ccc4ccccc4c23)CC(C)O1. The summed E-state index contributed by atoms with van der Waals surface area (Å²) in [4.78, 5) is 10.0. The predicted molar refractivity (Wildman–Crippen MR) is 116 cm³/mol. The molecular formula is C23H27F3N4O. The van der Waals surface area contributed by atoms with Crippen molar-refractivity contribution in [2.24, 2.45) is 0 Å². The molecule has 5 nitrogen and oxygen atoms in total. The zero-order valence-corrected chi connectivity index (χ0v) is 18.1. The third-order valence-corrected chi connectivity index (χ3v) is 5.81. The van der Waals surface area contributed by atoms with Crippen molar-refractivity contribution in [3.8, 4) is 0 Å². The van der Waals surface area contributed by atoms with E-state index in [1.165, 1.54) is 0 Å². The second-order valence-electron chi connectivity index (χ2n) is 8.90. The van der Waals surface area contributed by atoms with Gasteiger partial charge in [0, 0.05) is 25.2 Å². The number of nitrogens with one attached hydrogen (secondary N) is 1. The number of halogens is 3. The van der Waals surface area contributed by atoms with Gasteiger partial charge in [-0.2, -0.15) is 13.2 Å². The Kier molecular flexibility index (Phi) is 5.55. The molecule has 4 rings (SSSR count). The van der Waals surface area contributed by atoms with Crippen LogP contribution in [0.25, 0.3) is 21.7 Å². The van der Waals surface area contributed by atoms with Gasteiger partial charge in [0.2, 0.25) is 5.82 Å². The first kappa shape index (κ1) is 21.8. The van der Waals surface area contributed by atoms with Gasteiger partial charge in [0.25, 0.3) is 0 Å². The van der Waals surface area contributed by atoms with Crippen LogP contribution in [0.5, 0.6) is 0 Å². The summed E-state index contributed by atoms with van der Waals surface area (Å²) in [6.07, 6.45) is -4.42. The summed E-state index contributed by atoms with van der Waals surface area (Å²) < 4.78 is 46.3. The van der Waals surface area contributed by atoms with Gasteiger partial charge in [-0.25, -0.2) is 9.97 Å². The van der Waals surface area contributed by atoms with Crippen LogP contribution in [0.1, 0.15) is 33.5 Å². The number of morpholine rings is 1. The first-order chi connectivity index (χ1) is 14.5. The molecule has 1 aliphatic rings. The molecule has 1 aromatic heterocycles. The number of fused-ring (bicyclic) bond motifs is 3. The lowest BCUT2D eigenvalue weighted by Gasteiger charge is -2.45. The Hall–Kier alpha value is -2.45.